The molecule has 0 aliphatic heterocycles. The van der Waals surface area contributed by atoms with Gasteiger partial charge in [-0.1, -0.05) is 60.1 Å². The number of rotatable bonds is 3. The van der Waals surface area contributed by atoms with Crippen molar-refractivity contribution in [1.29, 1.82) is 0 Å². The Morgan fingerprint density at radius 2 is 1.48 bits per heavy atom. The molecule has 0 amide bonds. The number of halogens is 1. The molecule has 0 unspecified atom stereocenters. The third kappa shape index (κ3) is 3.11. The Hall–Kier alpha value is -2.69. The molecule has 0 saturated carbocycles. The number of pyridine rings is 1. The standard InChI is InChI=1S/C22H16ClNO2S/c1-15-22(27(25,26)18-10-6-3-7-11-18)21(16-8-4-2-5-9-16)19-14-17(23)12-13-20(19)24-15/h2-14H,1H3. The van der Waals surface area contributed by atoms with Crippen LogP contribution in [0.1, 0.15) is 5.69 Å². The van der Waals surface area contributed by atoms with Crippen LogP contribution in [0.4, 0.5) is 0 Å². The first-order valence-electron chi connectivity index (χ1n) is 8.44. The predicted octanol–water partition coefficient (Wildman–Crippen LogP) is 5.70. The minimum Gasteiger partial charge on any atom is -0.252 e. The lowest BCUT2D eigenvalue weighted by Crippen LogP contribution is -2.08. The van der Waals surface area contributed by atoms with Gasteiger partial charge in [0.25, 0.3) is 0 Å². The third-order valence-electron chi connectivity index (χ3n) is 4.46. The summed E-state index contributed by atoms with van der Waals surface area (Å²) in [5, 5.41) is 1.25. The van der Waals surface area contributed by atoms with E-state index in [1.54, 1.807) is 49.4 Å². The second kappa shape index (κ2) is 6.80. The fraction of sp³-hybridized carbons (Fsp3) is 0.0455. The molecule has 27 heavy (non-hydrogen) atoms. The molecule has 4 rings (SSSR count). The molecule has 0 spiro atoms. The Labute approximate surface area is 163 Å². The number of nitrogens with zero attached hydrogens (tertiary/aromatic N) is 1. The summed E-state index contributed by atoms with van der Waals surface area (Å²) < 4.78 is 27.0. The van der Waals surface area contributed by atoms with Crippen molar-refractivity contribution in [3.63, 3.8) is 0 Å². The maximum Gasteiger partial charge on any atom is 0.209 e. The van der Waals surface area contributed by atoms with Gasteiger partial charge in [0.05, 0.1) is 16.1 Å². The van der Waals surface area contributed by atoms with E-state index in [4.69, 9.17) is 11.6 Å². The van der Waals surface area contributed by atoms with E-state index < -0.39 is 9.84 Å². The summed E-state index contributed by atoms with van der Waals surface area (Å²) in [6, 6.07) is 23.3. The number of hydrogen-bond acceptors (Lipinski definition) is 3. The molecule has 1 heterocycles. The summed E-state index contributed by atoms with van der Waals surface area (Å²) in [7, 11) is -3.76. The lowest BCUT2D eigenvalue weighted by Gasteiger charge is -2.16. The van der Waals surface area contributed by atoms with Gasteiger partial charge in [-0.3, -0.25) is 4.98 Å². The minimum absolute atomic E-state index is 0.217. The first-order valence-corrected chi connectivity index (χ1v) is 10.3. The average molecular weight is 394 g/mol. The van der Waals surface area contributed by atoms with E-state index in [1.807, 2.05) is 36.4 Å². The van der Waals surface area contributed by atoms with E-state index in [0.717, 1.165) is 5.56 Å². The van der Waals surface area contributed by atoms with Crippen LogP contribution in [0.25, 0.3) is 22.0 Å². The van der Waals surface area contributed by atoms with Crippen LogP contribution in [0.3, 0.4) is 0 Å². The van der Waals surface area contributed by atoms with Gasteiger partial charge in [-0.05, 0) is 42.8 Å². The Bertz CT molecular complexity index is 1240. The van der Waals surface area contributed by atoms with E-state index in [0.29, 0.717) is 27.2 Å². The Morgan fingerprint density at radius 3 is 2.15 bits per heavy atom. The zero-order chi connectivity index (χ0) is 19.0. The van der Waals surface area contributed by atoms with Crippen LogP contribution in [0, 0.1) is 6.92 Å². The van der Waals surface area contributed by atoms with Gasteiger partial charge in [0, 0.05) is 16.0 Å². The Kier molecular flexibility index (Phi) is 4.46. The van der Waals surface area contributed by atoms with Gasteiger partial charge in [-0.15, -0.1) is 0 Å². The third-order valence-corrected chi connectivity index (χ3v) is 6.62. The van der Waals surface area contributed by atoms with E-state index >= 15 is 0 Å². The molecule has 0 aliphatic rings. The van der Waals surface area contributed by atoms with Crippen LogP contribution in [-0.2, 0) is 9.84 Å². The molecular formula is C22H16ClNO2S. The number of hydrogen-bond donors (Lipinski definition) is 0. The molecule has 0 N–H and O–H groups in total. The highest BCUT2D eigenvalue weighted by atomic mass is 35.5. The molecule has 134 valence electrons. The summed E-state index contributed by atoms with van der Waals surface area (Å²) in [5.41, 5.74) is 2.62. The lowest BCUT2D eigenvalue weighted by atomic mass is 10.00. The topological polar surface area (TPSA) is 47.0 Å². The van der Waals surface area contributed by atoms with E-state index in [1.165, 1.54) is 0 Å². The van der Waals surface area contributed by atoms with Crippen molar-refractivity contribution in [1.82, 2.24) is 4.98 Å². The molecule has 0 fully saturated rings. The molecule has 3 aromatic carbocycles. The first-order chi connectivity index (χ1) is 13.0. The largest absolute Gasteiger partial charge is 0.252 e. The summed E-state index contributed by atoms with van der Waals surface area (Å²) in [4.78, 5) is 5.02. The van der Waals surface area contributed by atoms with Crippen LogP contribution < -0.4 is 0 Å². The van der Waals surface area contributed by atoms with Crippen LogP contribution in [-0.4, -0.2) is 13.4 Å². The van der Waals surface area contributed by atoms with E-state index in [-0.39, 0.29) is 9.79 Å². The summed E-state index contributed by atoms with van der Waals surface area (Å²) in [6.45, 7) is 1.73. The van der Waals surface area contributed by atoms with Gasteiger partial charge in [0.15, 0.2) is 0 Å². The molecule has 1 aromatic heterocycles. The van der Waals surface area contributed by atoms with Crippen molar-refractivity contribution in [2.24, 2.45) is 0 Å². The number of aromatic nitrogens is 1. The Balaban J connectivity index is 2.17. The van der Waals surface area contributed by atoms with Crippen molar-refractivity contribution >= 4 is 32.3 Å². The molecule has 0 radical (unpaired) electrons. The number of aryl methyl sites for hydroxylation is 1. The second-order valence-electron chi connectivity index (χ2n) is 6.25. The van der Waals surface area contributed by atoms with Crippen molar-refractivity contribution in [3.05, 3.63) is 89.6 Å². The van der Waals surface area contributed by atoms with Gasteiger partial charge in [0.2, 0.25) is 9.84 Å². The molecule has 4 aromatic rings. The maximum absolute atomic E-state index is 13.5. The van der Waals surface area contributed by atoms with Gasteiger partial charge in [0.1, 0.15) is 4.90 Å². The molecule has 5 heteroatoms. The summed E-state index contributed by atoms with van der Waals surface area (Å²) in [5.74, 6) is 0. The van der Waals surface area contributed by atoms with Crippen LogP contribution >= 0.6 is 11.6 Å². The van der Waals surface area contributed by atoms with Crippen molar-refractivity contribution in [3.8, 4) is 11.1 Å². The maximum atomic E-state index is 13.5. The highest BCUT2D eigenvalue weighted by molar-refractivity contribution is 7.91. The predicted molar refractivity (Wildman–Crippen MR) is 109 cm³/mol. The molecule has 0 saturated heterocycles. The lowest BCUT2D eigenvalue weighted by molar-refractivity contribution is 0.595. The van der Waals surface area contributed by atoms with Crippen LogP contribution in [0.15, 0.2) is 88.7 Å². The zero-order valence-corrected chi connectivity index (χ0v) is 16.1. The highest BCUT2D eigenvalue weighted by Gasteiger charge is 2.27. The second-order valence-corrected chi connectivity index (χ2v) is 8.57. The normalized spacial score (nSPS) is 11.6. The van der Waals surface area contributed by atoms with E-state index in [2.05, 4.69) is 4.98 Å². The van der Waals surface area contributed by atoms with Crippen LogP contribution in [0.2, 0.25) is 5.02 Å². The average Bonchev–Trinajstić information content (AvgIpc) is 2.68. The smallest absolute Gasteiger partial charge is 0.209 e. The monoisotopic (exact) mass is 393 g/mol. The fourth-order valence-corrected chi connectivity index (χ4v) is 5.13. The van der Waals surface area contributed by atoms with E-state index in [9.17, 15) is 8.42 Å². The Morgan fingerprint density at radius 1 is 0.852 bits per heavy atom. The molecular weight excluding hydrogens is 378 g/mol. The summed E-state index contributed by atoms with van der Waals surface area (Å²) in [6.07, 6.45) is 0. The quantitative estimate of drug-likeness (QED) is 0.448. The number of sulfone groups is 1. The minimum atomic E-state index is -3.76. The van der Waals surface area contributed by atoms with Gasteiger partial charge >= 0.3 is 0 Å². The SMILES string of the molecule is Cc1nc2ccc(Cl)cc2c(-c2ccccc2)c1S(=O)(=O)c1ccccc1. The first kappa shape index (κ1) is 17.7. The van der Waals surface area contributed by atoms with Gasteiger partial charge in [-0.2, -0.15) is 0 Å². The van der Waals surface area contributed by atoms with Gasteiger partial charge in [-0.25, -0.2) is 8.42 Å². The molecule has 0 aliphatic carbocycles. The number of benzene rings is 3. The summed E-state index contributed by atoms with van der Waals surface area (Å²) >= 11 is 6.22. The molecule has 0 atom stereocenters. The fourth-order valence-electron chi connectivity index (χ4n) is 3.28. The molecule has 3 nitrogen and oxygen atoms in total. The molecule has 0 bridgehead atoms. The number of fused-ring (bicyclic) bond motifs is 1. The van der Waals surface area contributed by atoms with Gasteiger partial charge < -0.3 is 0 Å². The van der Waals surface area contributed by atoms with Crippen LogP contribution in [0.5, 0.6) is 0 Å². The highest BCUT2D eigenvalue weighted by Crippen LogP contribution is 2.39. The zero-order valence-electron chi connectivity index (χ0n) is 14.6. The van der Waals surface area contributed by atoms with Crippen molar-refractivity contribution in [2.45, 2.75) is 16.7 Å². The van der Waals surface area contributed by atoms with Crippen molar-refractivity contribution in [2.75, 3.05) is 0 Å². The van der Waals surface area contributed by atoms with Crippen molar-refractivity contribution < 1.29 is 8.42 Å².